The van der Waals surface area contributed by atoms with E-state index in [0.717, 1.165) is 23.3 Å². The van der Waals surface area contributed by atoms with E-state index in [1.165, 1.54) is 12.1 Å². The number of ketones is 1. The molecule has 0 aliphatic rings. The zero-order valence-corrected chi connectivity index (χ0v) is 11.6. The Kier molecular flexibility index (Phi) is 4.46. The average molecular weight is 292 g/mol. The van der Waals surface area contributed by atoms with Gasteiger partial charge in [0, 0.05) is 12.0 Å². The second-order valence-electron chi connectivity index (χ2n) is 4.92. The zero-order valence-electron chi connectivity index (χ0n) is 11.6. The van der Waals surface area contributed by atoms with Crippen molar-refractivity contribution in [2.24, 2.45) is 0 Å². The summed E-state index contributed by atoms with van der Waals surface area (Å²) in [5.41, 5.74) is 1.77. The van der Waals surface area contributed by atoms with Gasteiger partial charge in [-0.05, 0) is 36.6 Å². The van der Waals surface area contributed by atoms with Crippen LogP contribution < -0.4 is 0 Å². The van der Waals surface area contributed by atoms with Crippen LogP contribution in [0.3, 0.4) is 0 Å². The highest BCUT2D eigenvalue weighted by Gasteiger charge is 2.30. The van der Waals surface area contributed by atoms with Crippen LogP contribution in [0, 0.1) is 6.92 Å². The van der Waals surface area contributed by atoms with E-state index in [-0.39, 0.29) is 12.2 Å². The molecular weight excluding hydrogens is 277 g/mol. The lowest BCUT2D eigenvalue weighted by Gasteiger charge is -2.08. The van der Waals surface area contributed by atoms with Crippen LogP contribution in [0.25, 0.3) is 0 Å². The van der Waals surface area contributed by atoms with Crippen LogP contribution in [0.5, 0.6) is 0 Å². The van der Waals surface area contributed by atoms with Crippen molar-refractivity contribution in [2.75, 3.05) is 0 Å². The summed E-state index contributed by atoms with van der Waals surface area (Å²) in [5, 5.41) is 0. The number of carbonyl (C=O) groups excluding carboxylic acids is 1. The highest BCUT2D eigenvalue weighted by Crippen LogP contribution is 2.29. The van der Waals surface area contributed by atoms with E-state index >= 15 is 0 Å². The minimum absolute atomic E-state index is 0.146. The third kappa shape index (κ3) is 3.94. The maximum absolute atomic E-state index is 12.4. The smallest absolute Gasteiger partial charge is 0.294 e. The highest BCUT2D eigenvalue weighted by molar-refractivity contribution is 5.96. The molecule has 0 radical (unpaired) electrons. The summed E-state index contributed by atoms with van der Waals surface area (Å²) in [6, 6.07) is 12.1. The average Bonchev–Trinajstić information content (AvgIpc) is 2.45. The number of Topliss-reactive ketones (excluding diaryl/α,β-unsaturated/α-hetero) is 1. The van der Waals surface area contributed by atoms with Gasteiger partial charge in [-0.1, -0.05) is 36.4 Å². The summed E-state index contributed by atoms with van der Waals surface area (Å²) in [5.74, 6) is -0.146. The SMILES string of the molecule is Cc1ccccc1CCC(=O)c1ccc(C(F)(F)F)cc1. The fourth-order valence-corrected chi connectivity index (χ4v) is 2.13. The predicted octanol–water partition coefficient (Wildman–Crippen LogP) is 4.83. The quantitative estimate of drug-likeness (QED) is 0.738. The van der Waals surface area contributed by atoms with Crippen LogP contribution in [0.4, 0.5) is 13.2 Å². The molecule has 0 atom stereocenters. The van der Waals surface area contributed by atoms with E-state index in [2.05, 4.69) is 0 Å². The second-order valence-corrected chi connectivity index (χ2v) is 4.92. The van der Waals surface area contributed by atoms with Crippen molar-refractivity contribution in [2.45, 2.75) is 25.9 Å². The van der Waals surface area contributed by atoms with Gasteiger partial charge >= 0.3 is 6.18 Å². The first kappa shape index (κ1) is 15.3. The van der Waals surface area contributed by atoms with Crippen molar-refractivity contribution in [3.8, 4) is 0 Å². The molecule has 4 heteroatoms. The number of hydrogen-bond donors (Lipinski definition) is 0. The molecule has 1 nitrogen and oxygen atoms in total. The molecule has 0 N–H and O–H groups in total. The Bertz CT molecular complexity index is 627. The normalized spacial score (nSPS) is 11.4. The molecule has 21 heavy (non-hydrogen) atoms. The van der Waals surface area contributed by atoms with E-state index in [9.17, 15) is 18.0 Å². The van der Waals surface area contributed by atoms with Crippen LogP contribution in [-0.2, 0) is 12.6 Å². The van der Waals surface area contributed by atoms with Gasteiger partial charge in [-0.3, -0.25) is 4.79 Å². The fourth-order valence-electron chi connectivity index (χ4n) is 2.13. The van der Waals surface area contributed by atoms with Crippen molar-refractivity contribution in [1.29, 1.82) is 0 Å². The molecule has 0 amide bonds. The predicted molar refractivity (Wildman–Crippen MR) is 75.3 cm³/mol. The van der Waals surface area contributed by atoms with E-state index < -0.39 is 11.7 Å². The summed E-state index contributed by atoms with van der Waals surface area (Å²) in [7, 11) is 0. The molecule has 0 aliphatic heterocycles. The number of hydrogen-bond acceptors (Lipinski definition) is 1. The molecule has 0 aromatic heterocycles. The molecule has 110 valence electrons. The number of halogens is 3. The molecule has 0 aliphatic carbocycles. The number of rotatable bonds is 4. The maximum Gasteiger partial charge on any atom is 0.416 e. The molecule has 2 rings (SSSR count). The Morgan fingerprint density at radius 3 is 2.19 bits per heavy atom. The van der Waals surface area contributed by atoms with E-state index in [1.807, 2.05) is 31.2 Å². The van der Waals surface area contributed by atoms with Gasteiger partial charge in [0.2, 0.25) is 0 Å². The molecule has 0 saturated heterocycles. The first-order valence-corrected chi connectivity index (χ1v) is 6.63. The summed E-state index contributed by atoms with van der Waals surface area (Å²) < 4.78 is 37.3. The van der Waals surface area contributed by atoms with Gasteiger partial charge in [0.25, 0.3) is 0 Å². The lowest BCUT2D eigenvalue weighted by molar-refractivity contribution is -0.137. The number of benzene rings is 2. The lowest BCUT2D eigenvalue weighted by Crippen LogP contribution is -2.06. The first-order valence-electron chi connectivity index (χ1n) is 6.63. The zero-order chi connectivity index (χ0) is 15.5. The van der Waals surface area contributed by atoms with Crippen LogP contribution >= 0.6 is 0 Å². The van der Waals surface area contributed by atoms with Gasteiger partial charge in [-0.2, -0.15) is 13.2 Å². The van der Waals surface area contributed by atoms with Gasteiger partial charge < -0.3 is 0 Å². The van der Waals surface area contributed by atoms with Gasteiger partial charge in [-0.25, -0.2) is 0 Å². The van der Waals surface area contributed by atoms with Gasteiger partial charge in [0.1, 0.15) is 0 Å². The molecular formula is C17H15F3O. The third-order valence-corrected chi connectivity index (χ3v) is 3.42. The molecule has 0 bridgehead atoms. The van der Waals surface area contributed by atoms with Crippen molar-refractivity contribution in [3.05, 3.63) is 70.8 Å². The minimum atomic E-state index is -4.37. The standard InChI is InChI=1S/C17H15F3O/c1-12-4-2-3-5-13(12)8-11-16(21)14-6-9-15(10-7-14)17(18,19)20/h2-7,9-10H,8,11H2,1H3. The second kappa shape index (κ2) is 6.12. The molecule has 0 fully saturated rings. The largest absolute Gasteiger partial charge is 0.416 e. The Morgan fingerprint density at radius 1 is 1.00 bits per heavy atom. The van der Waals surface area contributed by atoms with Crippen LogP contribution in [0.15, 0.2) is 48.5 Å². The van der Waals surface area contributed by atoms with E-state index in [0.29, 0.717) is 12.0 Å². The third-order valence-electron chi connectivity index (χ3n) is 3.42. The van der Waals surface area contributed by atoms with Gasteiger partial charge in [-0.15, -0.1) is 0 Å². The molecule has 2 aromatic carbocycles. The molecule has 0 heterocycles. The Hall–Kier alpha value is -2.10. The van der Waals surface area contributed by atoms with E-state index in [1.54, 1.807) is 0 Å². The molecule has 0 saturated carbocycles. The van der Waals surface area contributed by atoms with Crippen molar-refractivity contribution >= 4 is 5.78 Å². The summed E-state index contributed by atoms with van der Waals surface area (Å²) in [6.45, 7) is 1.97. The van der Waals surface area contributed by atoms with Crippen LogP contribution in [0.1, 0.15) is 33.5 Å². The van der Waals surface area contributed by atoms with Crippen molar-refractivity contribution in [1.82, 2.24) is 0 Å². The minimum Gasteiger partial charge on any atom is -0.294 e. The molecule has 0 unspecified atom stereocenters. The topological polar surface area (TPSA) is 17.1 Å². The van der Waals surface area contributed by atoms with Gasteiger partial charge in [0.05, 0.1) is 5.56 Å². The maximum atomic E-state index is 12.4. The lowest BCUT2D eigenvalue weighted by atomic mass is 9.99. The summed E-state index contributed by atoms with van der Waals surface area (Å²) >= 11 is 0. The summed E-state index contributed by atoms with van der Waals surface area (Å²) in [6.07, 6.45) is -3.49. The first-order chi connectivity index (χ1) is 9.88. The van der Waals surface area contributed by atoms with Crippen LogP contribution in [0.2, 0.25) is 0 Å². The van der Waals surface area contributed by atoms with Crippen molar-refractivity contribution < 1.29 is 18.0 Å². The monoisotopic (exact) mass is 292 g/mol. The Morgan fingerprint density at radius 2 is 1.62 bits per heavy atom. The Balaban J connectivity index is 2.03. The van der Waals surface area contributed by atoms with Crippen molar-refractivity contribution in [3.63, 3.8) is 0 Å². The number of carbonyl (C=O) groups is 1. The number of alkyl halides is 3. The van der Waals surface area contributed by atoms with E-state index in [4.69, 9.17) is 0 Å². The number of aryl methyl sites for hydroxylation is 2. The molecule has 2 aromatic rings. The van der Waals surface area contributed by atoms with Crippen LogP contribution in [-0.4, -0.2) is 5.78 Å². The summed E-state index contributed by atoms with van der Waals surface area (Å²) in [4.78, 5) is 12.0. The van der Waals surface area contributed by atoms with Gasteiger partial charge in [0.15, 0.2) is 5.78 Å². The Labute approximate surface area is 121 Å². The highest BCUT2D eigenvalue weighted by atomic mass is 19.4. The fraction of sp³-hybridized carbons (Fsp3) is 0.235. The molecule has 0 spiro atoms.